The van der Waals surface area contributed by atoms with E-state index in [4.69, 9.17) is 15.2 Å². The molecule has 0 unspecified atom stereocenters. The van der Waals surface area contributed by atoms with Gasteiger partial charge in [-0.05, 0) is 42.3 Å². The minimum Gasteiger partial charge on any atom is -0.493 e. The van der Waals surface area contributed by atoms with Gasteiger partial charge in [-0.25, -0.2) is 0 Å². The molecule has 2 amide bonds. The molecule has 2 rings (SSSR count). The fourth-order valence-corrected chi connectivity index (χ4v) is 2.41. The van der Waals surface area contributed by atoms with Gasteiger partial charge in [-0.3, -0.25) is 9.59 Å². The molecule has 4 N–H and O–H groups in total. The van der Waals surface area contributed by atoms with Crippen molar-refractivity contribution in [3.63, 3.8) is 0 Å². The number of methoxy groups -OCH3 is 2. The molecule has 0 heterocycles. The van der Waals surface area contributed by atoms with E-state index in [1.165, 1.54) is 0 Å². The van der Waals surface area contributed by atoms with Crippen LogP contribution in [0.25, 0.3) is 0 Å². The highest BCUT2D eigenvalue weighted by Gasteiger charge is 2.06. The maximum absolute atomic E-state index is 11.9. The molecule has 0 aliphatic carbocycles. The average Bonchev–Trinajstić information content (AvgIpc) is 2.66. The number of nitrogens with one attached hydrogen (secondary N) is 2. The Labute approximate surface area is 152 Å². The SMILES string of the molecule is COc1ccc(CCNC(=O)CNc2cccc(C(N)=O)c2)cc1OC. The summed E-state index contributed by atoms with van der Waals surface area (Å²) in [6.45, 7) is 0.603. The number of rotatable bonds is 9. The quantitative estimate of drug-likeness (QED) is 0.632. The fraction of sp³-hybridized carbons (Fsp3) is 0.263. The van der Waals surface area contributed by atoms with Crippen LogP contribution in [0.3, 0.4) is 0 Å². The standard InChI is InChI=1S/C19H23N3O4/c1-25-16-7-6-13(10-17(16)26-2)8-9-21-18(23)12-22-15-5-3-4-14(11-15)19(20)24/h3-7,10-11,22H,8-9,12H2,1-2H3,(H2,20,24)(H,21,23). The van der Waals surface area contributed by atoms with Gasteiger partial charge in [0.05, 0.1) is 20.8 Å². The molecule has 0 aliphatic rings. The molecule has 0 fully saturated rings. The Balaban J connectivity index is 1.79. The Morgan fingerprint density at radius 3 is 2.50 bits per heavy atom. The Morgan fingerprint density at radius 2 is 1.81 bits per heavy atom. The highest BCUT2D eigenvalue weighted by molar-refractivity contribution is 5.93. The van der Waals surface area contributed by atoms with Crippen molar-refractivity contribution in [1.29, 1.82) is 0 Å². The molecule has 7 nitrogen and oxygen atoms in total. The number of carbonyl (C=O) groups excluding carboxylic acids is 2. The van der Waals surface area contributed by atoms with Gasteiger partial charge in [0.15, 0.2) is 11.5 Å². The second-order valence-electron chi connectivity index (χ2n) is 5.59. The van der Waals surface area contributed by atoms with E-state index in [1.807, 2.05) is 18.2 Å². The minimum atomic E-state index is -0.506. The zero-order valence-corrected chi connectivity index (χ0v) is 14.9. The number of anilines is 1. The fourth-order valence-electron chi connectivity index (χ4n) is 2.41. The van der Waals surface area contributed by atoms with E-state index in [-0.39, 0.29) is 12.5 Å². The molecular weight excluding hydrogens is 334 g/mol. The van der Waals surface area contributed by atoms with E-state index in [9.17, 15) is 9.59 Å². The lowest BCUT2D eigenvalue weighted by atomic mass is 10.1. The van der Waals surface area contributed by atoms with Crippen LogP contribution in [0.4, 0.5) is 5.69 Å². The number of ether oxygens (including phenoxy) is 2. The maximum atomic E-state index is 11.9. The molecule has 7 heteroatoms. The van der Waals surface area contributed by atoms with Gasteiger partial charge < -0.3 is 25.8 Å². The second kappa shape index (κ2) is 9.31. The van der Waals surface area contributed by atoms with Crippen molar-refractivity contribution in [1.82, 2.24) is 5.32 Å². The first kappa shape index (κ1) is 19.1. The first-order chi connectivity index (χ1) is 12.5. The molecule has 0 atom stereocenters. The van der Waals surface area contributed by atoms with Crippen LogP contribution in [0.15, 0.2) is 42.5 Å². The lowest BCUT2D eigenvalue weighted by Gasteiger charge is -2.11. The van der Waals surface area contributed by atoms with Gasteiger partial charge in [0.25, 0.3) is 0 Å². The summed E-state index contributed by atoms with van der Waals surface area (Å²) in [6, 6.07) is 12.4. The zero-order chi connectivity index (χ0) is 18.9. The van der Waals surface area contributed by atoms with Crippen LogP contribution in [0, 0.1) is 0 Å². The Kier molecular flexibility index (Phi) is 6.84. The number of benzene rings is 2. The van der Waals surface area contributed by atoms with E-state index >= 15 is 0 Å². The molecule has 0 saturated carbocycles. The first-order valence-corrected chi connectivity index (χ1v) is 8.15. The molecule has 0 bridgehead atoms. The maximum Gasteiger partial charge on any atom is 0.248 e. The molecule has 2 aromatic rings. The summed E-state index contributed by atoms with van der Waals surface area (Å²) in [6.07, 6.45) is 0.670. The highest BCUT2D eigenvalue weighted by Crippen LogP contribution is 2.27. The van der Waals surface area contributed by atoms with Crippen LogP contribution in [0.1, 0.15) is 15.9 Å². The molecular formula is C19H23N3O4. The summed E-state index contributed by atoms with van der Waals surface area (Å²) in [4.78, 5) is 23.1. The summed E-state index contributed by atoms with van der Waals surface area (Å²) in [7, 11) is 3.17. The van der Waals surface area contributed by atoms with E-state index in [0.717, 1.165) is 5.56 Å². The second-order valence-corrected chi connectivity index (χ2v) is 5.59. The Bertz CT molecular complexity index is 777. The van der Waals surface area contributed by atoms with Crippen LogP contribution in [0.2, 0.25) is 0 Å². The average molecular weight is 357 g/mol. The number of amides is 2. The van der Waals surface area contributed by atoms with Crippen molar-refractivity contribution in [3.05, 3.63) is 53.6 Å². The van der Waals surface area contributed by atoms with Gasteiger partial charge in [-0.15, -0.1) is 0 Å². The van der Waals surface area contributed by atoms with E-state index in [2.05, 4.69) is 10.6 Å². The number of primary amides is 1. The molecule has 138 valence electrons. The predicted octanol–water partition coefficient (Wildman–Crippen LogP) is 1.57. The summed E-state index contributed by atoms with van der Waals surface area (Å²) in [5.41, 5.74) is 7.32. The van der Waals surface area contributed by atoms with Crippen molar-refractivity contribution in [2.45, 2.75) is 6.42 Å². The first-order valence-electron chi connectivity index (χ1n) is 8.15. The summed E-state index contributed by atoms with van der Waals surface area (Å²) < 4.78 is 10.5. The lowest BCUT2D eigenvalue weighted by molar-refractivity contribution is -0.119. The summed E-state index contributed by atoms with van der Waals surface area (Å²) in [5.74, 6) is 0.679. The highest BCUT2D eigenvalue weighted by atomic mass is 16.5. The van der Waals surface area contributed by atoms with E-state index < -0.39 is 5.91 Å². The molecule has 26 heavy (non-hydrogen) atoms. The monoisotopic (exact) mass is 357 g/mol. The van der Waals surface area contributed by atoms with Crippen molar-refractivity contribution < 1.29 is 19.1 Å². The third-order valence-corrected chi connectivity index (χ3v) is 3.78. The van der Waals surface area contributed by atoms with Crippen molar-refractivity contribution in [2.24, 2.45) is 5.73 Å². The van der Waals surface area contributed by atoms with Gasteiger partial charge in [0.2, 0.25) is 11.8 Å². The topological polar surface area (TPSA) is 103 Å². The van der Waals surface area contributed by atoms with E-state index in [1.54, 1.807) is 38.5 Å². The van der Waals surface area contributed by atoms with Gasteiger partial charge in [0, 0.05) is 17.8 Å². The number of hydrogen-bond donors (Lipinski definition) is 3. The van der Waals surface area contributed by atoms with Gasteiger partial charge in [0.1, 0.15) is 0 Å². The molecule has 0 aliphatic heterocycles. The third-order valence-electron chi connectivity index (χ3n) is 3.78. The van der Waals surface area contributed by atoms with Gasteiger partial charge in [-0.1, -0.05) is 12.1 Å². The zero-order valence-electron chi connectivity index (χ0n) is 14.9. The van der Waals surface area contributed by atoms with Crippen molar-refractivity contribution in [3.8, 4) is 11.5 Å². The van der Waals surface area contributed by atoms with Crippen molar-refractivity contribution in [2.75, 3.05) is 32.6 Å². The van der Waals surface area contributed by atoms with Crippen molar-refractivity contribution >= 4 is 17.5 Å². The third kappa shape index (κ3) is 5.41. The lowest BCUT2D eigenvalue weighted by Crippen LogP contribution is -2.31. The summed E-state index contributed by atoms with van der Waals surface area (Å²) >= 11 is 0. The number of hydrogen-bond acceptors (Lipinski definition) is 5. The molecule has 2 aromatic carbocycles. The Hall–Kier alpha value is -3.22. The summed E-state index contributed by atoms with van der Waals surface area (Å²) in [5, 5.41) is 5.81. The normalized spacial score (nSPS) is 10.1. The van der Waals surface area contributed by atoms with Gasteiger partial charge in [-0.2, -0.15) is 0 Å². The predicted molar refractivity (Wildman–Crippen MR) is 99.7 cm³/mol. The largest absolute Gasteiger partial charge is 0.493 e. The molecule has 0 saturated heterocycles. The van der Waals surface area contributed by atoms with Crippen LogP contribution >= 0.6 is 0 Å². The van der Waals surface area contributed by atoms with Crippen LogP contribution in [-0.4, -0.2) is 39.1 Å². The molecule has 0 spiro atoms. The van der Waals surface area contributed by atoms with Crippen LogP contribution in [0.5, 0.6) is 11.5 Å². The Morgan fingerprint density at radius 1 is 1.04 bits per heavy atom. The molecule has 0 aromatic heterocycles. The van der Waals surface area contributed by atoms with Crippen LogP contribution in [-0.2, 0) is 11.2 Å². The number of nitrogens with two attached hydrogens (primary N) is 1. The smallest absolute Gasteiger partial charge is 0.248 e. The molecule has 0 radical (unpaired) electrons. The van der Waals surface area contributed by atoms with E-state index in [0.29, 0.717) is 35.7 Å². The number of carbonyl (C=O) groups is 2. The minimum absolute atomic E-state index is 0.105. The van der Waals surface area contributed by atoms with Crippen LogP contribution < -0.4 is 25.8 Å². The van der Waals surface area contributed by atoms with Gasteiger partial charge >= 0.3 is 0 Å².